The lowest BCUT2D eigenvalue weighted by molar-refractivity contribution is -0.208. The van der Waals surface area contributed by atoms with Gasteiger partial charge in [0.05, 0.1) is 18.8 Å². The molecular formula is C33H44N2O5. The number of Topliss-reactive ketones (excluding diaryl/α,β-unsaturated/α-hetero) is 1. The minimum Gasteiger partial charge on any atom is -0.393 e. The van der Waals surface area contributed by atoms with E-state index in [0.717, 1.165) is 50.8 Å². The molecule has 40 heavy (non-hydrogen) atoms. The van der Waals surface area contributed by atoms with E-state index >= 15 is 0 Å². The Morgan fingerprint density at radius 3 is 2.70 bits per heavy atom. The summed E-state index contributed by atoms with van der Waals surface area (Å²) in [5.41, 5.74) is -0.809. The van der Waals surface area contributed by atoms with Crippen molar-refractivity contribution in [3.63, 3.8) is 0 Å². The van der Waals surface area contributed by atoms with Crippen LogP contribution in [0.5, 0.6) is 0 Å². The average molecular weight is 549 g/mol. The van der Waals surface area contributed by atoms with Gasteiger partial charge in [-0.05, 0) is 62.5 Å². The monoisotopic (exact) mass is 548 g/mol. The fraction of sp³-hybridized carbons (Fsp3) is 0.758. The molecule has 7 nitrogen and oxygen atoms in total. The maximum atomic E-state index is 14.6. The number of aliphatic hydroxyl groups is 1. The van der Waals surface area contributed by atoms with Gasteiger partial charge in [-0.1, -0.05) is 44.8 Å². The zero-order valence-electron chi connectivity index (χ0n) is 24.2. The molecule has 0 aromatic carbocycles. The first kappa shape index (κ1) is 26.7. The van der Waals surface area contributed by atoms with E-state index < -0.39 is 17.1 Å². The highest BCUT2D eigenvalue weighted by molar-refractivity contribution is 6.01. The SMILES string of the molecule is CN1C#CN(CC(=O)[C@@]23O[C@H](C4CCCCC4)O[C@H]2C[C@H]2[C@@H]4CCC5=CC(=O)C=C[C@]5(C)[C@H]4[C@@H](O)C[C@@]23C)CC1. The summed E-state index contributed by atoms with van der Waals surface area (Å²) in [7, 11) is 1.97. The van der Waals surface area contributed by atoms with E-state index in [0.29, 0.717) is 12.3 Å². The molecule has 0 unspecified atom stereocenters. The van der Waals surface area contributed by atoms with Crippen molar-refractivity contribution in [2.24, 2.45) is 34.5 Å². The smallest absolute Gasteiger partial charge is 0.187 e. The summed E-state index contributed by atoms with van der Waals surface area (Å²) in [4.78, 5) is 30.7. The average Bonchev–Trinajstić information content (AvgIpc) is 3.44. The maximum absolute atomic E-state index is 14.6. The van der Waals surface area contributed by atoms with Crippen LogP contribution >= 0.6 is 0 Å². The lowest BCUT2D eigenvalue weighted by Crippen LogP contribution is -2.64. The molecule has 0 aromatic heterocycles. The molecule has 0 bridgehead atoms. The Kier molecular flexibility index (Phi) is 6.31. The molecule has 1 saturated heterocycles. The highest BCUT2D eigenvalue weighted by Gasteiger charge is 2.76. The van der Waals surface area contributed by atoms with E-state index in [1.54, 1.807) is 12.2 Å². The summed E-state index contributed by atoms with van der Waals surface area (Å²) in [6, 6.07) is 6.25. The molecule has 1 N–H and O–H groups in total. The topological polar surface area (TPSA) is 79.3 Å². The first-order valence-corrected chi connectivity index (χ1v) is 15.6. The van der Waals surface area contributed by atoms with Gasteiger partial charge >= 0.3 is 0 Å². The third-order valence-electron chi connectivity index (χ3n) is 12.1. The van der Waals surface area contributed by atoms with Crippen LogP contribution in [0.2, 0.25) is 0 Å². The minimum atomic E-state index is -1.08. The maximum Gasteiger partial charge on any atom is 0.187 e. The van der Waals surface area contributed by atoms with Gasteiger partial charge in [0.15, 0.2) is 23.5 Å². The van der Waals surface area contributed by atoms with E-state index in [9.17, 15) is 14.7 Å². The lowest BCUT2D eigenvalue weighted by Gasteiger charge is -2.59. The molecule has 7 aliphatic rings. The van der Waals surface area contributed by atoms with Crippen molar-refractivity contribution in [1.82, 2.24) is 9.80 Å². The molecule has 0 amide bonds. The number of ether oxygens (including phenoxy) is 2. The van der Waals surface area contributed by atoms with Crippen LogP contribution in [0.15, 0.2) is 23.8 Å². The van der Waals surface area contributed by atoms with Crippen LogP contribution < -0.4 is 0 Å². The van der Waals surface area contributed by atoms with Gasteiger partial charge in [-0.2, -0.15) is 0 Å². The molecule has 0 spiro atoms. The van der Waals surface area contributed by atoms with Crippen molar-refractivity contribution in [3.05, 3.63) is 23.8 Å². The predicted octanol–water partition coefficient (Wildman–Crippen LogP) is 3.67. The fourth-order valence-corrected chi connectivity index (χ4v) is 10.2. The van der Waals surface area contributed by atoms with Crippen molar-refractivity contribution >= 4 is 11.6 Å². The number of fused-ring (bicyclic) bond motifs is 7. The molecule has 7 heteroatoms. The van der Waals surface area contributed by atoms with Gasteiger partial charge in [0.2, 0.25) is 0 Å². The predicted molar refractivity (Wildman–Crippen MR) is 149 cm³/mol. The third-order valence-corrected chi connectivity index (χ3v) is 12.1. The number of nitrogens with zero attached hydrogens (tertiary/aromatic N) is 2. The van der Waals surface area contributed by atoms with E-state index in [1.807, 2.05) is 22.9 Å². The van der Waals surface area contributed by atoms with E-state index in [2.05, 4.69) is 25.9 Å². The van der Waals surface area contributed by atoms with E-state index in [4.69, 9.17) is 9.47 Å². The molecule has 2 aliphatic heterocycles. The van der Waals surface area contributed by atoms with Crippen LogP contribution in [0.4, 0.5) is 0 Å². The Labute approximate surface area is 238 Å². The summed E-state index contributed by atoms with van der Waals surface area (Å²) in [5, 5.41) is 12.0. The molecule has 5 aliphatic carbocycles. The van der Waals surface area contributed by atoms with Gasteiger partial charge in [-0.25, -0.2) is 0 Å². The Morgan fingerprint density at radius 1 is 1.15 bits per heavy atom. The second-order valence-corrected chi connectivity index (χ2v) is 14.2. The van der Waals surface area contributed by atoms with Crippen molar-refractivity contribution in [3.8, 4) is 12.1 Å². The van der Waals surface area contributed by atoms with Crippen molar-refractivity contribution in [2.45, 2.75) is 95.7 Å². The standard InChI is InChI=1S/C33H44N2O5/c1-31-12-11-23(36)17-22(31)9-10-24-25-18-28-33(32(25,2)19-26(37)29(24)31,27(38)20-35-15-13-34(3)14-16-35)40-30(39-28)21-7-5-4-6-8-21/h11-12,17,21,24-26,28-30,37H,4-10,13,15,18-20H2,1-3H3/t24-,25-,26-,28-,29+,30+,31-,32-,33+/m0/s1. The van der Waals surface area contributed by atoms with Crippen molar-refractivity contribution in [1.29, 1.82) is 0 Å². The Morgan fingerprint density at radius 2 is 1.95 bits per heavy atom. The van der Waals surface area contributed by atoms with E-state index in [-0.39, 0.29) is 53.7 Å². The largest absolute Gasteiger partial charge is 0.393 e. The van der Waals surface area contributed by atoms with Crippen LogP contribution in [0.3, 0.4) is 0 Å². The zero-order chi connectivity index (χ0) is 27.9. The van der Waals surface area contributed by atoms with E-state index in [1.165, 1.54) is 19.3 Å². The summed E-state index contributed by atoms with van der Waals surface area (Å²) in [5.74, 6) is 0.873. The van der Waals surface area contributed by atoms with Gasteiger partial charge in [0.1, 0.15) is 0 Å². The van der Waals surface area contributed by atoms with Crippen LogP contribution in [0, 0.1) is 46.6 Å². The number of hydrogen-bond donors (Lipinski definition) is 1. The molecular weight excluding hydrogens is 504 g/mol. The molecule has 2 heterocycles. The number of allylic oxidation sites excluding steroid dienone is 4. The molecule has 0 aromatic rings. The molecule has 0 radical (unpaired) electrons. The molecule has 216 valence electrons. The van der Waals surface area contributed by atoms with Crippen molar-refractivity contribution < 1.29 is 24.2 Å². The number of carbonyl (C=O) groups excluding carboxylic acids is 2. The quantitative estimate of drug-likeness (QED) is 0.537. The van der Waals surface area contributed by atoms with Gasteiger partial charge < -0.3 is 24.4 Å². The Balaban J connectivity index is 1.25. The Hall–Kier alpha value is -2.14. The van der Waals surface area contributed by atoms with Gasteiger partial charge in [-0.15, -0.1) is 0 Å². The fourth-order valence-electron chi connectivity index (χ4n) is 10.2. The van der Waals surface area contributed by atoms with Crippen LogP contribution in [-0.4, -0.2) is 77.3 Å². The second-order valence-electron chi connectivity index (χ2n) is 14.2. The Bertz CT molecular complexity index is 1210. The highest BCUT2D eigenvalue weighted by Crippen LogP contribution is 2.70. The normalized spacial score (nSPS) is 46.1. The third kappa shape index (κ3) is 3.75. The van der Waals surface area contributed by atoms with Gasteiger partial charge in [0, 0.05) is 54.9 Å². The first-order valence-electron chi connectivity index (χ1n) is 15.6. The molecule has 4 saturated carbocycles. The van der Waals surface area contributed by atoms with Gasteiger partial charge in [-0.3, -0.25) is 9.59 Å². The number of hydrogen-bond acceptors (Lipinski definition) is 7. The summed E-state index contributed by atoms with van der Waals surface area (Å²) in [6.45, 7) is 6.14. The first-order chi connectivity index (χ1) is 19.2. The van der Waals surface area contributed by atoms with Crippen LogP contribution in [-0.2, 0) is 19.1 Å². The number of aliphatic hydroxyl groups excluding tert-OH is 1. The highest BCUT2D eigenvalue weighted by atomic mass is 16.7. The lowest BCUT2D eigenvalue weighted by atomic mass is 9.46. The van der Waals surface area contributed by atoms with Gasteiger partial charge in [0.25, 0.3) is 0 Å². The number of rotatable bonds is 4. The van der Waals surface area contributed by atoms with Crippen molar-refractivity contribution in [2.75, 3.05) is 26.7 Å². The summed E-state index contributed by atoms with van der Waals surface area (Å²) >= 11 is 0. The summed E-state index contributed by atoms with van der Waals surface area (Å²) < 4.78 is 13.9. The molecule has 7 rings (SSSR count). The minimum absolute atomic E-state index is 0.0125. The number of ketones is 2. The zero-order valence-corrected chi connectivity index (χ0v) is 24.2. The number of carbonyl (C=O) groups is 2. The second kappa shape index (κ2) is 9.44. The number of likely N-dealkylation sites (N-methyl/N-ethyl adjacent to an activating group) is 1. The van der Waals surface area contributed by atoms with Crippen LogP contribution in [0.1, 0.15) is 71.6 Å². The molecule has 9 atom stereocenters. The summed E-state index contributed by atoms with van der Waals surface area (Å²) in [6.07, 6.45) is 13.1. The van der Waals surface area contributed by atoms with Crippen LogP contribution in [0.25, 0.3) is 0 Å². The molecule has 5 fully saturated rings.